The minimum atomic E-state index is -0.425. The smallest absolute Gasteiger partial charge is 0.338 e. The maximum Gasteiger partial charge on any atom is 0.338 e. The molecule has 62 valence electrons. The van der Waals surface area contributed by atoms with Crippen LogP contribution in [0.3, 0.4) is 0 Å². The van der Waals surface area contributed by atoms with E-state index in [0.29, 0.717) is 5.69 Å². The van der Waals surface area contributed by atoms with Crippen molar-refractivity contribution < 1.29 is 14.2 Å². The van der Waals surface area contributed by atoms with Crippen LogP contribution < -0.4 is 9.73 Å². The summed E-state index contributed by atoms with van der Waals surface area (Å²) in [6.45, 7) is 0. The van der Waals surface area contributed by atoms with Crippen LogP contribution in [-0.2, 0) is 4.74 Å². The minimum absolute atomic E-state index is 0.304. The van der Waals surface area contributed by atoms with E-state index in [4.69, 9.17) is 0 Å². The summed E-state index contributed by atoms with van der Waals surface area (Å²) in [4.78, 5) is 11.0. The van der Waals surface area contributed by atoms with Crippen molar-refractivity contribution in [1.82, 2.24) is 9.61 Å². The summed E-state index contributed by atoms with van der Waals surface area (Å²) in [5.74, 6) is -0.425. The summed E-state index contributed by atoms with van der Waals surface area (Å²) in [7, 11) is 1.33. The van der Waals surface area contributed by atoms with E-state index in [9.17, 15) is 4.79 Å². The van der Waals surface area contributed by atoms with Crippen molar-refractivity contribution in [1.29, 1.82) is 0 Å². The van der Waals surface area contributed by atoms with E-state index < -0.39 is 5.97 Å². The normalized spacial score (nSPS) is 10.4. The molecule has 0 aliphatic rings. The predicted octanol–water partition coefficient (Wildman–Crippen LogP) is -0.731. The van der Waals surface area contributed by atoms with Crippen LogP contribution in [0, 0.1) is 0 Å². The SMILES string of the molecule is COC(=O)c1cn2ccc[n+]2[n-]1. The topological polar surface area (TPSA) is 48.9 Å². The largest absolute Gasteiger partial charge is 0.466 e. The van der Waals surface area contributed by atoms with Gasteiger partial charge in [-0.1, -0.05) is 0 Å². The average Bonchev–Trinajstić information content (AvgIpc) is 2.60. The number of esters is 1. The van der Waals surface area contributed by atoms with Gasteiger partial charge in [0.15, 0.2) is 6.20 Å². The zero-order valence-corrected chi connectivity index (χ0v) is 6.47. The Balaban J connectivity index is 2.51. The monoisotopic (exact) mass is 165 g/mol. The highest BCUT2D eigenvalue weighted by molar-refractivity contribution is 5.86. The lowest BCUT2D eigenvalue weighted by molar-refractivity contribution is -0.677. The summed E-state index contributed by atoms with van der Waals surface area (Å²) < 4.78 is 7.74. The Hall–Kier alpha value is -1.78. The minimum Gasteiger partial charge on any atom is -0.466 e. The molecule has 0 N–H and O–H groups in total. The third kappa shape index (κ3) is 0.868. The van der Waals surface area contributed by atoms with Crippen LogP contribution in [0.4, 0.5) is 0 Å². The molecule has 0 atom stereocenters. The lowest BCUT2D eigenvalue weighted by Gasteiger charge is -1.91. The van der Waals surface area contributed by atoms with Gasteiger partial charge in [0.05, 0.1) is 7.11 Å². The van der Waals surface area contributed by atoms with Gasteiger partial charge >= 0.3 is 5.97 Å². The second kappa shape index (κ2) is 2.37. The number of ether oxygens (including phenoxy) is 1. The number of carbonyl (C=O) groups excluding carboxylic acids is 1. The molecule has 5 nitrogen and oxygen atoms in total. The van der Waals surface area contributed by atoms with Crippen LogP contribution in [0.1, 0.15) is 10.5 Å². The van der Waals surface area contributed by atoms with E-state index in [1.165, 1.54) is 7.11 Å². The van der Waals surface area contributed by atoms with Gasteiger partial charge in [0.2, 0.25) is 0 Å². The van der Waals surface area contributed by atoms with Gasteiger partial charge in [-0.15, -0.1) is 4.63 Å². The molecule has 0 saturated heterocycles. The third-order valence-corrected chi connectivity index (χ3v) is 1.55. The fourth-order valence-corrected chi connectivity index (χ4v) is 0.996. The number of carbonyl (C=O) groups is 1. The first-order valence-electron chi connectivity index (χ1n) is 3.42. The molecule has 0 bridgehead atoms. The molecule has 0 radical (unpaired) electrons. The van der Waals surface area contributed by atoms with Crippen LogP contribution in [0.15, 0.2) is 24.7 Å². The van der Waals surface area contributed by atoms with E-state index in [2.05, 4.69) is 9.84 Å². The quantitative estimate of drug-likeness (QED) is 0.413. The number of fused-ring (bicyclic) bond motifs is 1. The highest BCUT2D eigenvalue weighted by Crippen LogP contribution is 1.92. The van der Waals surface area contributed by atoms with Gasteiger partial charge < -0.3 is 4.74 Å². The maximum atomic E-state index is 11.0. The van der Waals surface area contributed by atoms with Gasteiger partial charge in [0.1, 0.15) is 5.69 Å². The highest BCUT2D eigenvalue weighted by atomic mass is 16.5. The van der Waals surface area contributed by atoms with Gasteiger partial charge in [-0.05, 0) is 12.4 Å². The third-order valence-electron chi connectivity index (χ3n) is 1.55. The van der Waals surface area contributed by atoms with Gasteiger partial charge in [-0.2, -0.15) is 5.10 Å². The molecule has 2 aromatic rings. The molecular weight excluding hydrogens is 158 g/mol. The molecule has 0 aliphatic heterocycles. The number of nitrogens with zero attached hydrogens (tertiary/aromatic N) is 3. The van der Waals surface area contributed by atoms with E-state index in [1.54, 1.807) is 27.7 Å². The van der Waals surface area contributed by atoms with E-state index >= 15 is 0 Å². The van der Waals surface area contributed by atoms with Gasteiger partial charge in [0.25, 0.3) is 0 Å². The van der Waals surface area contributed by atoms with Crippen molar-refractivity contribution in [2.75, 3.05) is 7.11 Å². The van der Waals surface area contributed by atoms with E-state index in [1.807, 2.05) is 6.07 Å². The summed E-state index contributed by atoms with van der Waals surface area (Å²) in [5.41, 5.74) is 0.304. The van der Waals surface area contributed by atoms with Crippen molar-refractivity contribution in [3.8, 4) is 0 Å². The molecule has 0 spiro atoms. The molecule has 0 aromatic carbocycles. The summed E-state index contributed by atoms with van der Waals surface area (Å²) in [6.07, 6.45) is 5.14. The van der Waals surface area contributed by atoms with Crippen molar-refractivity contribution in [3.63, 3.8) is 0 Å². The van der Waals surface area contributed by atoms with Crippen LogP contribution in [0.2, 0.25) is 0 Å². The lowest BCUT2D eigenvalue weighted by atomic mass is 10.5. The molecule has 12 heavy (non-hydrogen) atoms. The second-order valence-electron chi connectivity index (χ2n) is 2.30. The van der Waals surface area contributed by atoms with Crippen molar-refractivity contribution >= 4 is 5.97 Å². The first-order valence-corrected chi connectivity index (χ1v) is 3.42. The molecule has 2 rings (SSSR count). The molecule has 5 heteroatoms. The second-order valence-corrected chi connectivity index (χ2v) is 2.30. The van der Waals surface area contributed by atoms with Gasteiger partial charge in [0, 0.05) is 6.07 Å². The van der Waals surface area contributed by atoms with Gasteiger partial charge in [-0.3, -0.25) is 0 Å². The molecule has 0 unspecified atom stereocenters. The number of hydrogen-bond donors (Lipinski definition) is 0. The number of methoxy groups -OCH3 is 1. The molecule has 0 aliphatic carbocycles. The number of aromatic nitrogens is 3. The summed E-state index contributed by atoms with van der Waals surface area (Å²) in [5, 5.41) is 3.95. The van der Waals surface area contributed by atoms with Crippen LogP contribution in [0.5, 0.6) is 0 Å². The summed E-state index contributed by atoms with van der Waals surface area (Å²) >= 11 is 0. The Bertz CT molecular complexity index is 386. The van der Waals surface area contributed by atoms with E-state index in [0.717, 1.165) is 0 Å². The Morgan fingerprint density at radius 1 is 1.75 bits per heavy atom. The number of rotatable bonds is 1. The Labute approximate surface area is 68.1 Å². The molecule has 0 amide bonds. The van der Waals surface area contributed by atoms with Gasteiger partial charge in [-0.25, -0.2) is 9.31 Å². The molecule has 0 saturated carbocycles. The fraction of sp³-hybridized carbons (Fsp3) is 0.143. The first kappa shape index (κ1) is 6.90. The standard InChI is InChI=1S/C7H7N3O2/c1-12-7(11)6-5-9-3-2-4-10(9)8-6/h2-5H,1H3. The molecule has 2 heterocycles. The maximum absolute atomic E-state index is 11.0. The van der Waals surface area contributed by atoms with Crippen molar-refractivity contribution in [3.05, 3.63) is 30.4 Å². The average molecular weight is 165 g/mol. The first-order chi connectivity index (χ1) is 5.81. The molecule has 0 fully saturated rings. The predicted molar refractivity (Wildman–Crippen MR) is 37.7 cm³/mol. The number of hydrogen-bond acceptors (Lipinski definition) is 2. The zero-order chi connectivity index (χ0) is 8.55. The Morgan fingerprint density at radius 3 is 3.25 bits per heavy atom. The van der Waals surface area contributed by atoms with Crippen LogP contribution in [-0.4, -0.2) is 17.6 Å². The van der Waals surface area contributed by atoms with Crippen LogP contribution in [0.25, 0.3) is 0 Å². The lowest BCUT2D eigenvalue weighted by Crippen LogP contribution is -2.29. The van der Waals surface area contributed by atoms with Crippen molar-refractivity contribution in [2.24, 2.45) is 0 Å². The Kier molecular flexibility index (Phi) is 1.36. The zero-order valence-electron chi connectivity index (χ0n) is 6.47. The fourth-order valence-electron chi connectivity index (χ4n) is 0.996. The molecule has 2 aromatic heterocycles. The van der Waals surface area contributed by atoms with E-state index in [-0.39, 0.29) is 0 Å². The Morgan fingerprint density at radius 2 is 2.58 bits per heavy atom. The molecular formula is C7H7N3O2. The van der Waals surface area contributed by atoms with Crippen LogP contribution >= 0.6 is 0 Å². The van der Waals surface area contributed by atoms with Crippen molar-refractivity contribution in [2.45, 2.75) is 0 Å². The highest BCUT2D eigenvalue weighted by Gasteiger charge is 2.06. The summed E-state index contributed by atoms with van der Waals surface area (Å²) in [6, 6.07) is 1.83.